The van der Waals surface area contributed by atoms with Gasteiger partial charge < -0.3 is 14.4 Å². The lowest BCUT2D eigenvalue weighted by molar-refractivity contribution is 0.0831. The number of fused-ring (bicyclic) bond motifs is 1. The van der Waals surface area contributed by atoms with Crippen molar-refractivity contribution in [1.82, 2.24) is 9.55 Å². The van der Waals surface area contributed by atoms with Gasteiger partial charge in [-0.15, -0.1) is 0 Å². The van der Waals surface area contributed by atoms with Crippen molar-refractivity contribution in [1.29, 1.82) is 0 Å². The van der Waals surface area contributed by atoms with Crippen LogP contribution in [0.15, 0.2) is 18.2 Å². The molecule has 0 bridgehead atoms. The van der Waals surface area contributed by atoms with Crippen molar-refractivity contribution in [2.24, 2.45) is 7.05 Å². The van der Waals surface area contributed by atoms with Gasteiger partial charge in [0.2, 0.25) is 0 Å². The van der Waals surface area contributed by atoms with Gasteiger partial charge in [0.15, 0.2) is 0 Å². The first-order valence-electron chi connectivity index (χ1n) is 5.99. The quantitative estimate of drug-likeness (QED) is 0.819. The number of aromatic nitrogens is 2. The van der Waals surface area contributed by atoms with Crippen molar-refractivity contribution < 1.29 is 9.84 Å². The second-order valence-corrected chi connectivity index (χ2v) is 4.59. The Labute approximate surface area is 99.8 Å². The standard InChI is InChI=1S/C13H16N2O2/c1-15-12-8-10(16)2-3-11(12)14-13(15)9-4-6-17-7-5-9/h2-3,8-9,16H,4-7H2,1H3. The molecule has 1 saturated heterocycles. The lowest BCUT2D eigenvalue weighted by atomic mass is 9.99. The first-order chi connectivity index (χ1) is 8.25. The van der Waals surface area contributed by atoms with Crippen molar-refractivity contribution in [3.8, 4) is 5.75 Å². The van der Waals surface area contributed by atoms with Crippen molar-refractivity contribution in [2.45, 2.75) is 18.8 Å². The normalized spacial score (nSPS) is 17.7. The van der Waals surface area contributed by atoms with Crippen molar-refractivity contribution in [3.05, 3.63) is 24.0 Å². The summed E-state index contributed by atoms with van der Waals surface area (Å²) in [5.74, 6) is 1.87. The molecule has 1 aromatic carbocycles. The second kappa shape index (κ2) is 4.04. The lowest BCUT2D eigenvalue weighted by Crippen LogP contribution is -2.17. The maximum atomic E-state index is 9.51. The molecular weight excluding hydrogens is 216 g/mol. The largest absolute Gasteiger partial charge is 0.508 e. The zero-order valence-electron chi connectivity index (χ0n) is 9.89. The van der Waals surface area contributed by atoms with Crippen LogP contribution < -0.4 is 0 Å². The van der Waals surface area contributed by atoms with Crippen LogP contribution in [-0.4, -0.2) is 27.9 Å². The molecule has 1 aliphatic rings. The average Bonchev–Trinajstić information content (AvgIpc) is 2.68. The highest BCUT2D eigenvalue weighted by atomic mass is 16.5. The van der Waals surface area contributed by atoms with Crippen molar-refractivity contribution >= 4 is 11.0 Å². The molecule has 2 heterocycles. The molecule has 0 amide bonds. The number of hydrogen-bond donors (Lipinski definition) is 1. The fraction of sp³-hybridized carbons (Fsp3) is 0.462. The van der Waals surface area contributed by atoms with E-state index in [1.807, 2.05) is 13.1 Å². The highest BCUT2D eigenvalue weighted by Crippen LogP contribution is 2.29. The van der Waals surface area contributed by atoms with E-state index in [0.717, 1.165) is 42.9 Å². The highest BCUT2D eigenvalue weighted by Gasteiger charge is 2.21. The molecule has 2 aromatic rings. The zero-order chi connectivity index (χ0) is 11.8. The van der Waals surface area contributed by atoms with E-state index in [-0.39, 0.29) is 0 Å². The van der Waals surface area contributed by atoms with Gasteiger partial charge in [-0.25, -0.2) is 4.98 Å². The Hall–Kier alpha value is -1.55. The van der Waals surface area contributed by atoms with Gasteiger partial charge >= 0.3 is 0 Å². The fourth-order valence-electron chi connectivity index (χ4n) is 2.52. The molecule has 90 valence electrons. The van der Waals surface area contributed by atoms with Crippen LogP contribution in [0.2, 0.25) is 0 Å². The second-order valence-electron chi connectivity index (χ2n) is 4.59. The SMILES string of the molecule is Cn1c(C2CCOCC2)nc2ccc(O)cc21. The van der Waals surface area contributed by atoms with E-state index >= 15 is 0 Å². The van der Waals surface area contributed by atoms with E-state index in [0.29, 0.717) is 11.7 Å². The molecule has 0 saturated carbocycles. The first-order valence-corrected chi connectivity index (χ1v) is 5.99. The summed E-state index contributed by atoms with van der Waals surface area (Å²) in [5.41, 5.74) is 1.94. The van der Waals surface area contributed by atoms with Gasteiger partial charge in [-0.05, 0) is 25.0 Å². The molecule has 1 aromatic heterocycles. The molecule has 17 heavy (non-hydrogen) atoms. The van der Waals surface area contributed by atoms with Crippen LogP contribution in [0.4, 0.5) is 0 Å². The molecule has 0 unspecified atom stereocenters. The zero-order valence-corrected chi connectivity index (χ0v) is 9.89. The molecule has 1 fully saturated rings. The Morgan fingerprint density at radius 3 is 2.88 bits per heavy atom. The molecule has 0 aliphatic carbocycles. The number of benzene rings is 1. The van der Waals surface area contributed by atoms with E-state index in [4.69, 9.17) is 4.74 Å². The van der Waals surface area contributed by atoms with Gasteiger partial charge in [0.05, 0.1) is 11.0 Å². The Morgan fingerprint density at radius 2 is 2.12 bits per heavy atom. The molecule has 0 atom stereocenters. The minimum atomic E-state index is 0.291. The van der Waals surface area contributed by atoms with E-state index in [1.165, 1.54) is 0 Å². The Kier molecular flexibility index (Phi) is 2.52. The maximum absolute atomic E-state index is 9.51. The van der Waals surface area contributed by atoms with E-state index in [9.17, 15) is 5.11 Å². The van der Waals surface area contributed by atoms with E-state index in [2.05, 4.69) is 9.55 Å². The highest BCUT2D eigenvalue weighted by molar-refractivity contribution is 5.77. The number of aromatic hydroxyl groups is 1. The third-order valence-corrected chi connectivity index (χ3v) is 3.49. The van der Waals surface area contributed by atoms with Gasteiger partial charge in [0.1, 0.15) is 11.6 Å². The van der Waals surface area contributed by atoms with Crippen LogP contribution in [0.1, 0.15) is 24.6 Å². The number of phenols is 1. The summed E-state index contributed by atoms with van der Waals surface area (Å²) in [6, 6.07) is 5.32. The van der Waals surface area contributed by atoms with Gasteiger partial charge in [-0.1, -0.05) is 0 Å². The summed E-state index contributed by atoms with van der Waals surface area (Å²) in [6.45, 7) is 1.64. The number of hydrogen-bond acceptors (Lipinski definition) is 3. The molecule has 1 N–H and O–H groups in total. The number of phenolic OH excluding ortho intramolecular Hbond substituents is 1. The summed E-state index contributed by atoms with van der Waals surface area (Å²) in [4.78, 5) is 4.67. The third-order valence-electron chi connectivity index (χ3n) is 3.49. The molecule has 3 rings (SSSR count). The predicted octanol–water partition coefficient (Wildman–Crippen LogP) is 2.17. The number of imidazole rings is 1. The van der Waals surface area contributed by atoms with E-state index in [1.54, 1.807) is 12.1 Å². The molecular formula is C13H16N2O2. The summed E-state index contributed by atoms with van der Waals surface area (Å²) in [7, 11) is 2.01. The van der Waals surface area contributed by atoms with Crippen LogP contribution in [0.3, 0.4) is 0 Å². The van der Waals surface area contributed by atoms with Gasteiger partial charge in [-0.2, -0.15) is 0 Å². The summed E-state index contributed by atoms with van der Waals surface area (Å²) in [5, 5.41) is 9.51. The molecule has 4 nitrogen and oxygen atoms in total. The predicted molar refractivity (Wildman–Crippen MR) is 65.2 cm³/mol. The minimum Gasteiger partial charge on any atom is -0.508 e. The van der Waals surface area contributed by atoms with Crippen LogP contribution in [0.5, 0.6) is 5.75 Å². The number of rotatable bonds is 1. The van der Waals surface area contributed by atoms with Gasteiger partial charge in [0, 0.05) is 32.2 Å². The van der Waals surface area contributed by atoms with Crippen LogP contribution in [0.25, 0.3) is 11.0 Å². The fourth-order valence-corrected chi connectivity index (χ4v) is 2.52. The first kappa shape index (κ1) is 10.6. The van der Waals surface area contributed by atoms with Crippen LogP contribution in [-0.2, 0) is 11.8 Å². The van der Waals surface area contributed by atoms with Crippen molar-refractivity contribution in [3.63, 3.8) is 0 Å². The smallest absolute Gasteiger partial charge is 0.117 e. The lowest BCUT2D eigenvalue weighted by Gasteiger charge is -2.21. The van der Waals surface area contributed by atoms with E-state index < -0.39 is 0 Å². The average molecular weight is 232 g/mol. The number of ether oxygens (including phenoxy) is 1. The summed E-state index contributed by atoms with van der Waals surface area (Å²) in [6.07, 6.45) is 2.06. The Bertz CT molecular complexity index is 542. The summed E-state index contributed by atoms with van der Waals surface area (Å²) < 4.78 is 7.47. The number of aryl methyl sites for hydroxylation is 1. The third kappa shape index (κ3) is 1.78. The molecule has 0 radical (unpaired) electrons. The molecule has 4 heteroatoms. The van der Waals surface area contributed by atoms with Crippen molar-refractivity contribution in [2.75, 3.05) is 13.2 Å². The molecule has 1 aliphatic heterocycles. The maximum Gasteiger partial charge on any atom is 0.117 e. The Balaban J connectivity index is 2.07. The number of nitrogens with zero attached hydrogens (tertiary/aromatic N) is 2. The summed E-state index contributed by atoms with van der Waals surface area (Å²) >= 11 is 0. The topological polar surface area (TPSA) is 47.3 Å². The molecule has 0 spiro atoms. The Morgan fingerprint density at radius 1 is 1.35 bits per heavy atom. The van der Waals surface area contributed by atoms with Crippen LogP contribution >= 0.6 is 0 Å². The van der Waals surface area contributed by atoms with Gasteiger partial charge in [-0.3, -0.25) is 0 Å². The monoisotopic (exact) mass is 232 g/mol. The minimum absolute atomic E-state index is 0.291. The van der Waals surface area contributed by atoms with Crippen LogP contribution in [0, 0.1) is 0 Å². The van der Waals surface area contributed by atoms with Gasteiger partial charge in [0.25, 0.3) is 0 Å².